The van der Waals surface area contributed by atoms with E-state index in [0.29, 0.717) is 16.8 Å². The quantitative estimate of drug-likeness (QED) is 0.448. The van der Waals surface area contributed by atoms with E-state index in [9.17, 15) is 18.4 Å². The van der Waals surface area contributed by atoms with Gasteiger partial charge in [0.1, 0.15) is 0 Å². The summed E-state index contributed by atoms with van der Waals surface area (Å²) in [5.74, 6) is -3.37. The topological polar surface area (TPSA) is 97.7 Å². The molecule has 2 N–H and O–H groups in total. The fourth-order valence-electron chi connectivity index (χ4n) is 3.66. The average molecular weight is 466 g/mol. The van der Waals surface area contributed by atoms with E-state index in [4.69, 9.17) is 9.47 Å². The number of fused-ring (bicyclic) bond motifs is 1. The van der Waals surface area contributed by atoms with E-state index in [1.807, 2.05) is 13.0 Å². The van der Waals surface area contributed by atoms with Gasteiger partial charge in [0.15, 0.2) is 11.5 Å². The summed E-state index contributed by atoms with van der Waals surface area (Å²) >= 11 is 0. The van der Waals surface area contributed by atoms with Crippen molar-refractivity contribution in [2.24, 2.45) is 0 Å². The molecular weight excluding hydrogens is 446 g/mol. The molecule has 1 saturated carbocycles. The van der Waals surface area contributed by atoms with E-state index in [1.54, 1.807) is 12.1 Å². The number of imidazole rings is 1. The number of rotatable bonds is 6. The fraction of sp³-hybridized carbons (Fsp3) is 0.208. The minimum Gasteiger partial charge on any atom is -0.494 e. The maximum absolute atomic E-state index is 14.3. The number of carbonyl (C=O) groups excluding carboxylic acids is 1. The van der Waals surface area contributed by atoms with Gasteiger partial charge in [-0.2, -0.15) is 8.78 Å². The van der Waals surface area contributed by atoms with Crippen LogP contribution >= 0.6 is 0 Å². The molecule has 0 bridgehead atoms. The van der Waals surface area contributed by atoms with Crippen LogP contribution in [0, 0.1) is 18.6 Å². The molecule has 0 unspecified atom stereocenters. The number of benzene rings is 2. The molecule has 2 heterocycles. The van der Waals surface area contributed by atoms with Gasteiger partial charge >= 0.3 is 0 Å². The zero-order valence-corrected chi connectivity index (χ0v) is 18.3. The molecule has 1 amide bonds. The van der Waals surface area contributed by atoms with E-state index in [2.05, 4.69) is 15.4 Å². The Labute approximate surface area is 192 Å². The van der Waals surface area contributed by atoms with Gasteiger partial charge in [0.05, 0.1) is 25.1 Å². The number of amides is 1. The molecule has 0 aliphatic heterocycles. The van der Waals surface area contributed by atoms with Crippen LogP contribution in [-0.4, -0.2) is 33.7 Å². The maximum atomic E-state index is 14.3. The fourth-order valence-corrected chi connectivity index (χ4v) is 3.66. The number of hydrogen-bond donors (Lipinski definition) is 2. The number of aryl methyl sites for hydroxylation is 1. The van der Waals surface area contributed by atoms with Gasteiger partial charge in [0.25, 0.3) is 5.91 Å². The standard InChI is InChI=1S/C24H20F2N4O4/c1-12-9-13(3-6-15(12)24(32)28-14-4-5-14)16-11-27-23-17(31)10-20(29-30(16)23)34-19-8-7-18(33-2)21(25)22(19)26/h3,6-11,14,29H,4-5H2,1-2H3,(H,28,32). The second kappa shape index (κ2) is 8.29. The number of methoxy groups -OCH3 is 1. The van der Waals surface area contributed by atoms with E-state index in [-0.39, 0.29) is 29.2 Å². The molecule has 1 aliphatic rings. The molecule has 1 fully saturated rings. The van der Waals surface area contributed by atoms with Gasteiger partial charge in [0.2, 0.25) is 28.6 Å². The predicted octanol–water partition coefficient (Wildman–Crippen LogP) is 3.97. The number of nitrogens with one attached hydrogen (secondary N) is 2. The molecular formula is C24H20F2N4O4. The Morgan fingerprint density at radius 3 is 2.59 bits per heavy atom. The summed E-state index contributed by atoms with van der Waals surface area (Å²) in [4.78, 5) is 29.2. The van der Waals surface area contributed by atoms with E-state index in [1.165, 1.54) is 30.0 Å². The van der Waals surface area contributed by atoms with Gasteiger partial charge in [-0.15, -0.1) is 0 Å². The Morgan fingerprint density at radius 1 is 1.15 bits per heavy atom. The Kier molecular flexibility index (Phi) is 5.27. The minimum absolute atomic E-state index is 0.0944. The Hall–Kier alpha value is -4.21. The molecule has 4 aromatic rings. The second-order valence-electron chi connectivity index (χ2n) is 8.06. The molecule has 34 heavy (non-hydrogen) atoms. The lowest BCUT2D eigenvalue weighted by molar-refractivity contribution is 0.0950. The van der Waals surface area contributed by atoms with E-state index >= 15 is 0 Å². The number of nitrogens with zero attached hydrogens (tertiary/aromatic N) is 2. The third-order valence-corrected chi connectivity index (χ3v) is 5.60. The first-order chi connectivity index (χ1) is 16.4. The first-order valence-corrected chi connectivity index (χ1v) is 10.6. The van der Waals surface area contributed by atoms with Crippen molar-refractivity contribution in [1.29, 1.82) is 0 Å². The molecule has 8 nitrogen and oxygen atoms in total. The van der Waals surface area contributed by atoms with Crippen LogP contribution < -0.4 is 20.2 Å². The summed E-state index contributed by atoms with van der Waals surface area (Å²) in [6.45, 7) is 1.83. The number of ether oxygens (including phenoxy) is 2. The van der Waals surface area contributed by atoms with Crippen LogP contribution in [-0.2, 0) is 0 Å². The number of aromatic amines is 1. The molecule has 1 aliphatic carbocycles. The molecule has 10 heteroatoms. The Balaban J connectivity index is 1.50. The third kappa shape index (κ3) is 3.87. The Morgan fingerprint density at radius 2 is 1.88 bits per heavy atom. The van der Waals surface area contributed by atoms with Crippen LogP contribution in [0.2, 0.25) is 0 Å². The SMILES string of the molecule is COc1ccc(Oc2cc(=O)c3ncc(-c4ccc(C(=O)NC5CC5)c(C)c4)n3[nH]2)c(F)c1F. The summed E-state index contributed by atoms with van der Waals surface area (Å²) in [7, 11) is 1.22. The molecule has 0 spiro atoms. The van der Waals surface area contributed by atoms with Crippen LogP contribution in [0.4, 0.5) is 8.78 Å². The van der Waals surface area contributed by atoms with Gasteiger partial charge < -0.3 is 14.8 Å². The van der Waals surface area contributed by atoms with Crippen molar-refractivity contribution in [1.82, 2.24) is 19.9 Å². The molecule has 174 valence electrons. The van der Waals surface area contributed by atoms with Crippen molar-refractivity contribution in [2.45, 2.75) is 25.8 Å². The highest BCUT2D eigenvalue weighted by Gasteiger charge is 2.24. The average Bonchev–Trinajstić information content (AvgIpc) is 3.52. The lowest BCUT2D eigenvalue weighted by Crippen LogP contribution is -2.26. The molecule has 2 aromatic carbocycles. The first kappa shape index (κ1) is 21.6. The van der Waals surface area contributed by atoms with Gasteiger partial charge in [0, 0.05) is 17.2 Å². The van der Waals surface area contributed by atoms with Crippen LogP contribution in [0.5, 0.6) is 17.4 Å². The lowest BCUT2D eigenvalue weighted by Gasteiger charge is -2.11. The van der Waals surface area contributed by atoms with E-state index in [0.717, 1.165) is 24.5 Å². The van der Waals surface area contributed by atoms with Crippen LogP contribution in [0.3, 0.4) is 0 Å². The minimum atomic E-state index is -1.25. The number of H-pyrrole nitrogens is 1. The van der Waals surface area contributed by atoms with Crippen LogP contribution in [0.15, 0.2) is 47.4 Å². The molecule has 0 atom stereocenters. The van der Waals surface area contributed by atoms with Crippen LogP contribution in [0.25, 0.3) is 16.9 Å². The molecule has 0 radical (unpaired) electrons. The molecule has 5 rings (SSSR count). The van der Waals surface area contributed by atoms with Crippen molar-refractivity contribution < 1.29 is 23.0 Å². The number of aromatic nitrogens is 3. The Bertz CT molecular complexity index is 1490. The zero-order chi connectivity index (χ0) is 24.0. The summed E-state index contributed by atoms with van der Waals surface area (Å²) < 4.78 is 40.0. The van der Waals surface area contributed by atoms with Gasteiger partial charge in [-0.3, -0.25) is 14.7 Å². The number of halogens is 2. The largest absolute Gasteiger partial charge is 0.494 e. The lowest BCUT2D eigenvalue weighted by atomic mass is 10.0. The normalized spacial score (nSPS) is 13.2. The van der Waals surface area contributed by atoms with Gasteiger partial charge in [-0.25, -0.2) is 9.50 Å². The summed E-state index contributed by atoms with van der Waals surface area (Å²) in [6, 6.07) is 9.05. The van der Waals surface area contributed by atoms with Gasteiger partial charge in [-0.05, 0) is 49.6 Å². The van der Waals surface area contributed by atoms with Crippen molar-refractivity contribution in [3.8, 4) is 28.6 Å². The van der Waals surface area contributed by atoms with E-state index < -0.39 is 22.8 Å². The molecule has 0 saturated heterocycles. The molecule has 2 aromatic heterocycles. The van der Waals surface area contributed by atoms with Crippen molar-refractivity contribution in [3.63, 3.8) is 0 Å². The highest BCUT2D eigenvalue weighted by atomic mass is 19.2. The summed E-state index contributed by atoms with van der Waals surface area (Å²) in [5, 5.41) is 5.82. The van der Waals surface area contributed by atoms with Crippen molar-refractivity contribution >= 4 is 11.6 Å². The summed E-state index contributed by atoms with van der Waals surface area (Å²) in [6.07, 6.45) is 3.49. The van der Waals surface area contributed by atoms with Crippen molar-refractivity contribution in [2.75, 3.05) is 7.11 Å². The zero-order valence-electron chi connectivity index (χ0n) is 18.3. The van der Waals surface area contributed by atoms with Crippen molar-refractivity contribution in [3.05, 3.63) is 75.6 Å². The highest BCUT2D eigenvalue weighted by molar-refractivity contribution is 5.96. The number of hydrogen-bond acceptors (Lipinski definition) is 5. The monoisotopic (exact) mass is 466 g/mol. The first-order valence-electron chi connectivity index (χ1n) is 10.6. The highest BCUT2D eigenvalue weighted by Crippen LogP contribution is 2.30. The van der Waals surface area contributed by atoms with Crippen LogP contribution in [0.1, 0.15) is 28.8 Å². The second-order valence-corrected chi connectivity index (χ2v) is 8.06. The number of carbonyl (C=O) groups is 1. The van der Waals surface area contributed by atoms with Gasteiger partial charge in [-0.1, -0.05) is 6.07 Å². The maximum Gasteiger partial charge on any atom is 0.251 e. The third-order valence-electron chi connectivity index (χ3n) is 5.60. The smallest absolute Gasteiger partial charge is 0.251 e. The summed E-state index contributed by atoms with van der Waals surface area (Å²) in [5.41, 5.74) is 2.16. The predicted molar refractivity (Wildman–Crippen MR) is 119 cm³/mol.